The Bertz CT molecular complexity index is 574. The lowest BCUT2D eigenvalue weighted by molar-refractivity contribution is -0.130. The van der Waals surface area contributed by atoms with Crippen LogP contribution in [0.4, 0.5) is 0 Å². The molecule has 1 amide bonds. The van der Waals surface area contributed by atoms with Gasteiger partial charge in [0, 0.05) is 31.5 Å². The maximum Gasteiger partial charge on any atom is 0.222 e. The molecule has 0 spiro atoms. The average molecular weight is 331 g/mol. The van der Waals surface area contributed by atoms with Crippen molar-refractivity contribution in [2.24, 2.45) is 5.92 Å². The molecule has 0 unspecified atom stereocenters. The third-order valence-electron chi connectivity index (χ3n) is 5.98. The zero-order chi connectivity index (χ0) is 16.5. The van der Waals surface area contributed by atoms with Crippen molar-refractivity contribution in [3.05, 3.63) is 11.6 Å². The van der Waals surface area contributed by atoms with Crippen LogP contribution in [0.15, 0.2) is 0 Å². The Morgan fingerprint density at radius 1 is 1.08 bits per heavy atom. The van der Waals surface area contributed by atoms with E-state index >= 15 is 0 Å². The van der Waals surface area contributed by atoms with Crippen LogP contribution in [0.1, 0.15) is 62.5 Å². The molecule has 0 bridgehead atoms. The minimum atomic E-state index is 0.385. The van der Waals surface area contributed by atoms with Gasteiger partial charge in [-0.3, -0.25) is 9.89 Å². The van der Waals surface area contributed by atoms with Crippen LogP contribution in [0, 0.1) is 12.8 Å². The van der Waals surface area contributed by atoms with Gasteiger partial charge in [-0.15, -0.1) is 0 Å². The van der Waals surface area contributed by atoms with E-state index in [0.717, 1.165) is 75.8 Å². The summed E-state index contributed by atoms with van der Waals surface area (Å²) in [6.45, 7) is 6.15. The van der Waals surface area contributed by atoms with Crippen LogP contribution in [-0.4, -0.2) is 63.1 Å². The molecule has 1 N–H and O–H groups in total. The minimum Gasteiger partial charge on any atom is -0.342 e. The topological polar surface area (TPSA) is 65.1 Å². The number of rotatable bonds is 4. The smallest absolute Gasteiger partial charge is 0.222 e. The molecule has 3 heterocycles. The number of aryl methyl sites for hydroxylation is 1. The predicted molar refractivity (Wildman–Crippen MR) is 91.6 cm³/mol. The second-order valence-electron chi connectivity index (χ2n) is 7.85. The van der Waals surface area contributed by atoms with Crippen LogP contribution in [0.25, 0.3) is 0 Å². The monoisotopic (exact) mass is 331 g/mol. The van der Waals surface area contributed by atoms with Crippen LogP contribution in [-0.2, 0) is 4.79 Å². The fourth-order valence-corrected chi connectivity index (χ4v) is 4.26. The first kappa shape index (κ1) is 16.1. The van der Waals surface area contributed by atoms with Crippen molar-refractivity contribution in [2.75, 3.05) is 26.2 Å². The molecule has 1 atom stereocenters. The van der Waals surface area contributed by atoms with Crippen molar-refractivity contribution in [3.8, 4) is 0 Å². The highest BCUT2D eigenvalue weighted by molar-refractivity contribution is 5.76. The lowest BCUT2D eigenvalue weighted by Crippen LogP contribution is -2.41. The van der Waals surface area contributed by atoms with Crippen LogP contribution < -0.4 is 0 Å². The van der Waals surface area contributed by atoms with E-state index in [1.165, 1.54) is 12.8 Å². The molecule has 2 aliphatic heterocycles. The Hall–Kier alpha value is -1.43. The van der Waals surface area contributed by atoms with E-state index in [2.05, 4.69) is 25.0 Å². The molecule has 3 aliphatic rings. The van der Waals surface area contributed by atoms with Crippen molar-refractivity contribution < 1.29 is 4.79 Å². The van der Waals surface area contributed by atoms with Gasteiger partial charge in [0.25, 0.3) is 0 Å². The third-order valence-corrected chi connectivity index (χ3v) is 5.98. The first-order valence-corrected chi connectivity index (χ1v) is 9.60. The summed E-state index contributed by atoms with van der Waals surface area (Å²) in [4.78, 5) is 21.6. The third kappa shape index (κ3) is 3.63. The second-order valence-corrected chi connectivity index (χ2v) is 7.85. The highest BCUT2D eigenvalue weighted by Crippen LogP contribution is 2.32. The zero-order valence-corrected chi connectivity index (χ0v) is 14.7. The van der Waals surface area contributed by atoms with Crippen molar-refractivity contribution in [1.82, 2.24) is 25.0 Å². The van der Waals surface area contributed by atoms with Gasteiger partial charge in [0.15, 0.2) is 5.82 Å². The maximum absolute atomic E-state index is 12.3. The van der Waals surface area contributed by atoms with Gasteiger partial charge in [-0.1, -0.05) is 0 Å². The largest absolute Gasteiger partial charge is 0.342 e. The molecule has 1 aromatic rings. The van der Waals surface area contributed by atoms with E-state index in [4.69, 9.17) is 0 Å². The van der Waals surface area contributed by atoms with E-state index in [1.807, 2.05) is 6.92 Å². The van der Waals surface area contributed by atoms with E-state index in [9.17, 15) is 4.79 Å². The number of amides is 1. The number of carbonyl (C=O) groups excluding carboxylic acids is 1. The summed E-state index contributed by atoms with van der Waals surface area (Å²) < 4.78 is 0. The summed E-state index contributed by atoms with van der Waals surface area (Å²) in [5.74, 6) is 3.57. The van der Waals surface area contributed by atoms with Gasteiger partial charge in [-0.2, -0.15) is 5.10 Å². The molecule has 1 aliphatic carbocycles. The molecule has 3 fully saturated rings. The molecule has 0 aromatic carbocycles. The molecule has 6 nitrogen and oxygen atoms in total. The first-order chi connectivity index (χ1) is 11.7. The summed E-state index contributed by atoms with van der Waals surface area (Å²) in [7, 11) is 0. The molecule has 6 heteroatoms. The number of hydrogen-bond donors (Lipinski definition) is 1. The van der Waals surface area contributed by atoms with Crippen LogP contribution in [0.2, 0.25) is 0 Å². The number of nitrogens with one attached hydrogen (secondary N) is 1. The zero-order valence-electron chi connectivity index (χ0n) is 14.7. The predicted octanol–water partition coefficient (Wildman–Crippen LogP) is 2.08. The molecule has 2 saturated heterocycles. The molecule has 1 saturated carbocycles. The standard InChI is InChI=1S/C18H29N5O/c1-13-19-18(21-20-13)15-6-9-22(10-7-15)16-4-5-17(24)23(11-8-16)12-14-2-3-14/h14-16H,2-12H2,1H3,(H,19,20,21)/t16-/m1/s1. The molecule has 1 aromatic heterocycles. The number of aromatic nitrogens is 3. The summed E-state index contributed by atoms with van der Waals surface area (Å²) in [6.07, 6.45) is 7.81. The summed E-state index contributed by atoms with van der Waals surface area (Å²) in [6, 6.07) is 0.577. The highest BCUT2D eigenvalue weighted by Gasteiger charge is 2.32. The fraction of sp³-hybridized carbons (Fsp3) is 0.833. The number of carbonyl (C=O) groups is 1. The van der Waals surface area contributed by atoms with Crippen molar-refractivity contribution in [2.45, 2.75) is 63.8 Å². The van der Waals surface area contributed by atoms with Gasteiger partial charge in [-0.25, -0.2) is 4.98 Å². The molecular weight excluding hydrogens is 302 g/mol. The Labute approximate surface area is 144 Å². The average Bonchev–Trinajstić information content (AvgIpc) is 3.34. The second kappa shape index (κ2) is 6.82. The van der Waals surface area contributed by atoms with Gasteiger partial charge in [-0.05, 0) is 64.5 Å². The number of H-pyrrole nitrogens is 1. The summed E-state index contributed by atoms with van der Waals surface area (Å²) in [5, 5.41) is 7.30. The van der Waals surface area contributed by atoms with E-state index in [1.54, 1.807) is 0 Å². The maximum atomic E-state index is 12.3. The lowest BCUT2D eigenvalue weighted by Gasteiger charge is -2.36. The van der Waals surface area contributed by atoms with Gasteiger partial charge in [0.05, 0.1) is 0 Å². The Balaban J connectivity index is 1.29. The van der Waals surface area contributed by atoms with Gasteiger partial charge < -0.3 is 9.80 Å². The normalized spacial score (nSPS) is 27.5. The molecule has 132 valence electrons. The lowest BCUT2D eigenvalue weighted by atomic mass is 9.94. The highest BCUT2D eigenvalue weighted by atomic mass is 16.2. The van der Waals surface area contributed by atoms with Crippen LogP contribution in [0.5, 0.6) is 0 Å². The summed E-state index contributed by atoms with van der Waals surface area (Å²) >= 11 is 0. The minimum absolute atomic E-state index is 0.385. The van der Waals surface area contributed by atoms with Crippen LogP contribution >= 0.6 is 0 Å². The van der Waals surface area contributed by atoms with Crippen molar-refractivity contribution >= 4 is 5.91 Å². The van der Waals surface area contributed by atoms with Gasteiger partial charge in [0.2, 0.25) is 5.91 Å². The van der Waals surface area contributed by atoms with E-state index in [-0.39, 0.29) is 0 Å². The number of piperidine rings is 1. The Morgan fingerprint density at radius 2 is 1.88 bits per heavy atom. The van der Waals surface area contributed by atoms with Crippen molar-refractivity contribution in [1.29, 1.82) is 0 Å². The number of hydrogen-bond acceptors (Lipinski definition) is 4. The molecule has 4 rings (SSSR count). The summed E-state index contributed by atoms with van der Waals surface area (Å²) in [5.41, 5.74) is 0. The Morgan fingerprint density at radius 3 is 2.54 bits per heavy atom. The van der Waals surface area contributed by atoms with Gasteiger partial charge in [0.1, 0.15) is 5.82 Å². The van der Waals surface area contributed by atoms with Crippen molar-refractivity contribution in [3.63, 3.8) is 0 Å². The molecule has 24 heavy (non-hydrogen) atoms. The van der Waals surface area contributed by atoms with E-state index < -0.39 is 0 Å². The Kier molecular flexibility index (Phi) is 4.57. The number of likely N-dealkylation sites (tertiary alicyclic amines) is 2. The fourth-order valence-electron chi connectivity index (χ4n) is 4.26. The number of nitrogens with zero attached hydrogens (tertiary/aromatic N) is 4. The van der Waals surface area contributed by atoms with Crippen LogP contribution in [0.3, 0.4) is 0 Å². The molecular formula is C18H29N5O. The quantitative estimate of drug-likeness (QED) is 0.917. The van der Waals surface area contributed by atoms with E-state index in [0.29, 0.717) is 17.9 Å². The van der Waals surface area contributed by atoms with Gasteiger partial charge >= 0.3 is 0 Å². The SMILES string of the molecule is Cc1nc(C2CCN([C@@H]3CCC(=O)N(CC4CC4)CC3)CC2)n[nH]1. The first-order valence-electron chi connectivity index (χ1n) is 9.60. The molecule has 0 radical (unpaired) electrons. The number of aromatic amines is 1.